The fourth-order valence-electron chi connectivity index (χ4n) is 1.73. The quantitative estimate of drug-likeness (QED) is 0.660. The molecule has 2 rings (SSSR count). The van der Waals surface area contributed by atoms with Crippen molar-refractivity contribution in [2.24, 2.45) is 0 Å². The Balaban J connectivity index is 2.24. The minimum atomic E-state index is -0.927. The molecule has 94 valence electrons. The van der Waals surface area contributed by atoms with Crippen LogP contribution in [0.3, 0.4) is 0 Å². The summed E-state index contributed by atoms with van der Waals surface area (Å²) in [5, 5.41) is 9.22. The number of carboxylic acids is 1. The van der Waals surface area contributed by atoms with Gasteiger partial charge in [-0.1, -0.05) is 72.8 Å². The zero-order chi connectivity index (χ0) is 13.5. The zero-order valence-corrected chi connectivity index (χ0v) is 10.4. The summed E-state index contributed by atoms with van der Waals surface area (Å²) in [6, 6.07) is 18.9. The average Bonchev–Trinajstić information content (AvgIpc) is 2.45. The van der Waals surface area contributed by atoms with Crippen molar-refractivity contribution in [1.82, 2.24) is 0 Å². The molecule has 0 aliphatic rings. The topological polar surface area (TPSA) is 37.3 Å². The van der Waals surface area contributed by atoms with Gasteiger partial charge in [-0.15, -0.1) is 0 Å². The van der Waals surface area contributed by atoms with Gasteiger partial charge in [0.05, 0.1) is 5.57 Å². The van der Waals surface area contributed by atoms with E-state index >= 15 is 0 Å². The molecule has 0 radical (unpaired) electrons. The Kier molecular flexibility index (Phi) is 4.29. The molecule has 2 aromatic carbocycles. The number of aliphatic carboxylic acids is 1. The lowest BCUT2D eigenvalue weighted by Crippen LogP contribution is -1.98. The van der Waals surface area contributed by atoms with Crippen LogP contribution >= 0.6 is 0 Å². The number of carbonyl (C=O) groups is 1. The van der Waals surface area contributed by atoms with Gasteiger partial charge in [0.2, 0.25) is 0 Å². The minimum Gasteiger partial charge on any atom is -0.478 e. The fraction of sp³-hybridized carbons (Fsp3) is 0. The van der Waals surface area contributed by atoms with E-state index in [9.17, 15) is 9.90 Å². The second-order valence-corrected chi connectivity index (χ2v) is 4.02. The Morgan fingerprint density at radius 3 is 2.05 bits per heavy atom. The van der Waals surface area contributed by atoms with Crippen molar-refractivity contribution in [3.8, 4) is 0 Å². The van der Waals surface area contributed by atoms with Crippen molar-refractivity contribution in [2.75, 3.05) is 0 Å². The van der Waals surface area contributed by atoms with E-state index in [1.807, 2.05) is 54.6 Å². The molecule has 0 bridgehead atoms. The van der Waals surface area contributed by atoms with Gasteiger partial charge in [0.15, 0.2) is 0 Å². The molecule has 0 aromatic heterocycles. The van der Waals surface area contributed by atoms with Crippen LogP contribution in [-0.2, 0) is 4.79 Å². The Morgan fingerprint density at radius 2 is 1.47 bits per heavy atom. The van der Waals surface area contributed by atoms with Crippen LogP contribution in [0.1, 0.15) is 11.1 Å². The van der Waals surface area contributed by atoms with Gasteiger partial charge >= 0.3 is 5.97 Å². The molecule has 2 aromatic rings. The third kappa shape index (κ3) is 3.68. The molecule has 2 heteroatoms. The van der Waals surface area contributed by atoms with Crippen LogP contribution in [0.5, 0.6) is 0 Å². The SMILES string of the molecule is O=C(O)C(=CC=Cc1ccccc1)c1ccccc1. The standard InChI is InChI=1S/C17H14O2/c18-17(19)16(15-11-5-2-6-12-15)13-7-10-14-8-3-1-4-9-14/h1-13H,(H,18,19). The molecule has 0 aliphatic heterocycles. The smallest absolute Gasteiger partial charge is 0.336 e. The maximum absolute atomic E-state index is 11.2. The van der Waals surface area contributed by atoms with Crippen molar-refractivity contribution < 1.29 is 9.90 Å². The molecule has 0 amide bonds. The van der Waals surface area contributed by atoms with E-state index < -0.39 is 5.97 Å². The summed E-state index contributed by atoms with van der Waals surface area (Å²) >= 11 is 0. The number of rotatable bonds is 4. The van der Waals surface area contributed by atoms with E-state index in [0.29, 0.717) is 5.56 Å². The first-order valence-corrected chi connectivity index (χ1v) is 5.99. The highest BCUT2D eigenvalue weighted by atomic mass is 16.4. The van der Waals surface area contributed by atoms with E-state index in [1.165, 1.54) is 0 Å². The number of hydrogen-bond donors (Lipinski definition) is 1. The Hall–Kier alpha value is -2.61. The van der Waals surface area contributed by atoms with Crippen LogP contribution < -0.4 is 0 Å². The van der Waals surface area contributed by atoms with Crippen LogP contribution in [0.4, 0.5) is 0 Å². The molecule has 0 aliphatic carbocycles. The molecule has 0 atom stereocenters. The monoisotopic (exact) mass is 250 g/mol. The zero-order valence-electron chi connectivity index (χ0n) is 10.4. The minimum absolute atomic E-state index is 0.285. The summed E-state index contributed by atoms with van der Waals surface area (Å²) in [6.07, 6.45) is 5.25. The highest BCUT2D eigenvalue weighted by Gasteiger charge is 2.07. The number of allylic oxidation sites excluding steroid dienone is 2. The predicted molar refractivity (Wildman–Crippen MR) is 77.5 cm³/mol. The summed E-state index contributed by atoms with van der Waals surface area (Å²) in [4.78, 5) is 11.2. The molecular weight excluding hydrogens is 236 g/mol. The Labute approximate surface area is 112 Å². The first-order valence-electron chi connectivity index (χ1n) is 5.99. The maximum Gasteiger partial charge on any atom is 0.336 e. The molecule has 0 fully saturated rings. The number of hydrogen-bond acceptors (Lipinski definition) is 1. The number of benzene rings is 2. The van der Waals surface area contributed by atoms with Crippen molar-refractivity contribution in [3.63, 3.8) is 0 Å². The van der Waals surface area contributed by atoms with Gasteiger partial charge in [-0.05, 0) is 17.2 Å². The normalized spacial score (nSPS) is 11.7. The van der Waals surface area contributed by atoms with Gasteiger partial charge in [-0.2, -0.15) is 0 Å². The van der Waals surface area contributed by atoms with Crippen LogP contribution in [0.25, 0.3) is 11.6 Å². The van der Waals surface area contributed by atoms with Gasteiger partial charge < -0.3 is 5.11 Å². The fourth-order valence-corrected chi connectivity index (χ4v) is 1.73. The first kappa shape index (κ1) is 12.8. The predicted octanol–water partition coefficient (Wildman–Crippen LogP) is 3.87. The van der Waals surface area contributed by atoms with E-state index in [4.69, 9.17) is 0 Å². The third-order valence-corrected chi connectivity index (χ3v) is 2.67. The van der Waals surface area contributed by atoms with Crippen LogP contribution in [-0.4, -0.2) is 11.1 Å². The second kappa shape index (κ2) is 6.36. The van der Waals surface area contributed by atoms with Gasteiger partial charge in [-0.3, -0.25) is 0 Å². The van der Waals surface area contributed by atoms with Gasteiger partial charge in [0.25, 0.3) is 0 Å². The van der Waals surface area contributed by atoms with Crippen molar-refractivity contribution in [1.29, 1.82) is 0 Å². The molecule has 1 N–H and O–H groups in total. The van der Waals surface area contributed by atoms with Crippen LogP contribution in [0.2, 0.25) is 0 Å². The van der Waals surface area contributed by atoms with Crippen molar-refractivity contribution in [2.45, 2.75) is 0 Å². The second-order valence-electron chi connectivity index (χ2n) is 4.02. The lowest BCUT2D eigenvalue weighted by Gasteiger charge is -2.00. The Morgan fingerprint density at radius 1 is 0.895 bits per heavy atom. The van der Waals surface area contributed by atoms with Crippen LogP contribution in [0, 0.1) is 0 Å². The highest BCUT2D eigenvalue weighted by Crippen LogP contribution is 2.14. The third-order valence-electron chi connectivity index (χ3n) is 2.67. The molecular formula is C17H14O2. The van der Waals surface area contributed by atoms with E-state index in [2.05, 4.69) is 0 Å². The summed E-state index contributed by atoms with van der Waals surface area (Å²) < 4.78 is 0. The number of carboxylic acid groups (broad SMARTS) is 1. The molecule has 0 saturated carbocycles. The van der Waals surface area contributed by atoms with E-state index in [1.54, 1.807) is 24.3 Å². The summed E-state index contributed by atoms with van der Waals surface area (Å²) in [5.41, 5.74) is 2.03. The van der Waals surface area contributed by atoms with E-state index in [-0.39, 0.29) is 5.57 Å². The summed E-state index contributed by atoms with van der Waals surface area (Å²) in [6.45, 7) is 0. The summed E-state index contributed by atoms with van der Waals surface area (Å²) in [5.74, 6) is -0.927. The molecule has 0 heterocycles. The first-order chi connectivity index (χ1) is 9.27. The van der Waals surface area contributed by atoms with Gasteiger partial charge in [0.1, 0.15) is 0 Å². The lowest BCUT2D eigenvalue weighted by atomic mass is 10.1. The van der Waals surface area contributed by atoms with Gasteiger partial charge in [-0.25, -0.2) is 4.79 Å². The Bertz CT molecular complexity index is 596. The van der Waals surface area contributed by atoms with E-state index in [0.717, 1.165) is 5.56 Å². The summed E-state index contributed by atoms with van der Waals surface area (Å²) in [7, 11) is 0. The molecule has 0 saturated heterocycles. The molecule has 0 spiro atoms. The maximum atomic E-state index is 11.2. The van der Waals surface area contributed by atoms with Crippen molar-refractivity contribution in [3.05, 3.63) is 83.9 Å². The molecule has 0 unspecified atom stereocenters. The van der Waals surface area contributed by atoms with Gasteiger partial charge in [0, 0.05) is 0 Å². The molecule has 2 nitrogen and oxygen atoms in total. The highest BCUT2D eigenvalue weighted by molar-refractivity contribution is 6.15. The molecule has 19 heavy (non-hydrogen) atoms. The van der Waals surface area contributed by atoms with Crippen LogP contribution in [0.15, 0.2) is 72.8 Å². The lowest BCUT2D eigenvalue weighted by molar-refractivity contribution is -0.130. The largest absolute Gasteiger partial charge is 0.478 e. The van der Waals surface area contributed by atoms with Crippen molar-refractivity contribution >= 4 is 17.6 Å². The average molecular weight is 250 g/mol.